The van der Waals surface area contributed by atoms with Crippen molar-refractivity contribution in [3.05, 3.63) is 54.1 Å². The van der Waals surface area contributed by atoms with Crippen LogP contribution in [0.25, 0.3) is 0 Å². The van der Waals surface area contributed by atoms with Gasteiger partial charge in [0.15, 0.2) is 0 Å². The van der Waals surface area contributed by atoms with Crippen molar-refractivity contribution < 1.29 is 9.47 Å². The Hall–Kier alpha value is -2.16. The van der Waals surface area contributed by atoms with E-state index in [0.29, 0.717) is 12.6 Å². The Kier molecular flexibility index (Phi) is 3.77. The zero-order valence-electron chi connectivity index (χ0n) is 11.6. The van der Waals surface area contributed by atoms with Gasteiger partial charge in [0.25, 0.3) is 0 Å². The maximum Gasteiger partial charge on any atom is 0.124 e. The van der Waals surface area contributed by atoms with E-state index in [2.05, 4.69) is 29.6 Å². The number of hydrogen-bond acceptors (Lipinski definition) is 3. The predicted octanol–water partition coefficient (Wildman–Crippen LogP) is 4.02. The molecule has 3 nitrogen and oxygen atoms in total. The zero-order valence-corrected chi connectivity index (χ0v) is 11.6. The fourth-order valence-electron chi connectivity index (χ4n) is 2.51. The second kappa shape index (κ2) is 5.87. The van der Waals surface area contributed by atoms with Crippen LogP contribution in [-0.4, -0.2) is 13.2 Å². The molecule has 1 unspecified atom stereocenters. The van der Waals surface area contributed by atoms with Gasteiger partial charge >= 0.3 is 0 Å². The summed E-state index contributed by atoms with van der Waals surface area (Å²) in [5, 5.41) is 3.57. The third kappa shape index (κ3) is 2.72. The topological polar surface area (TPSA) is 30.5 Å². The van der Waals surface area contributed by atoms with Crippen molar-refractivity contribution in [2.24, 2.45) is 0 Å². The molecule has 0 amide bonds. The predicted molar refractivity (Wildman–Crippen MR) is 80.5 cm³/mol. The summed E-state index contributed by atoms with van der Waals surface area (Å²) in [4.78, 5) is 0. The minimum absolute atomic E-state index is 0.304. The van der Waals surface area contributed by atoms with Crippen molar-refractivity contribution in [3.63, 3.8) is 0 Å². The molecule has 1 atom stereocenters. The smallest absolute Gasteiger partial charge is 0.124 e. The zero-order chi connectivity index (χ0) is 13.8. The fraction of sp³-hybridized carbons (Fsp3) is 0.294. The van der Waals surface area contributed by atoms with Crippen LogP contribution in [0.2, 0.25) is 0 Å². The van der Waals surface area contributed by atoms with Crippen LogP contribution in [0.4, 0.5) is 5.69 Å². The van der Waals surface area contributed by atoms with Gasteiger partial charge in [-0.25, -0.2) is 0 Å². The number of hydrogen-bond donors (Lipinski definition) is 1. The Morgan fingerprint density at radius 3 is 2.75 bits per heavy atom. The summed E-state index contributed by atoms with van der Waals surface area (Å²) in [6.07, 6.45) is 0.976. The van der Waals surface area contributed by atoms with E-state index in [1.807, 2.05) is 31.2 Å². The maximum atomic E-state index is 5.68. The van der Waals surface area contributed by atoms with Crippen molar-refractivity contribution in [1.82, 2.24) is 0 Å². The van der Waals surface area contributed by atoms with E-state index in [1.165, 1.54) is 5.56 Å². The maximum absolute atomic E-state index is 5.68. The van der Waals surface area contributed by atoms with Gasteiger partial charge < -0.3 is 14.8 Å². The number of ether oxygens (including phenoxy) is 2. The van der Waals surface area contributed by atoms with Crippen LogP contribution >= 0.6 is 0 Å². The minimum Gasteiger partial charge on any atom is -0.494 e. The monoisotopic (exact) mass is 269 g/mol. The quantitative estimate of drug-likeness (QED) is 0.909. The molecule has 3 heteroatoms. The van der Waals surface area contributed by atoms with Crippen molar-refractivity contribution >= 4 is 5.69 Å². The average molecular weight is 269 g/mol. The van der Waals surface area contributed by atoms with Crippen LogP contribution in [0, 0.1) is 0 Å². The number of benzene rings is 2. The summed E-state index contributed by atoms with van der Waals surface area (Å²) in [6, 6.07) is 16.6. The lowest BCUT2D eigenvalue weighted by Gasteiger charge is -2.27. The third-order valence-corrected chi connectivity index (χ3v) is 3.46. The molecular formula is C17H19NO2. The molecule has 1 aliphatic rings. The van der Waals surface area contributed by atoms with E-state index in [1.54, 1.807) is 0 Å². The van der Waals surface area contributed by atoms with Crippen LogP contribution in [0.3, 0.4) is 0 Å². The molecule has 0 fully saturated rings. The Morgan fingerprint density at radius 1 is 1.15 bits per heavy atom. The molecule has 0 radical (unpaired) electrons. The van der Waals surface area contributed by atoms with Gasteiger partial charge in [-0.05, 0) is 37.3 Å². The molecule has 0 bridgehead atoms. The van der Waals surface area contributed by atoms with Crippen molar-refractivity contribution in [1.29, 1.82) is 0 Å². The first-order valence-corrected chi connectivity index (χ1v) is 7.08. The molecule has 20 heavy (non-hydrogen) atoms. The summed E-state index contributed by atoms with van der Waals surface area (Å²) in [7, 11) is 0. The standard InChI is InChI=1S/C17H19NO2/c1-2-19-14-9-7-13(8-10-14)18-16-11-12-20-17-6-4-3-5-15(16)17/h3-10,16,18H,2,11-12H2,1H3. The molecule has 0 saturated heterocycles. The largest absolute Gasteiger partial charge is 0.494 e. The lowest BCUT2D eigenvalue weighted by atomic mass is 10.0. The summed E-state index contributed by atoms with van der Waals surface area (Å²) in [5.41, 5.74) is 2.34. The van der Waals surface area contributed by atoms with E-state index < -0.39 is 0 Å². The highest BCUT2D eigenvalue weighted by atomic mass is 16.5. The second-order valence-electron chi connectivity index (χ2n) is 4.83. The molecule has 0 aromatic heterocycles. The fourth-order valence-corrected chi connectivity index (χ4v) is 2.51. The molecule has 2 aromatic carbocycles. The van der Waals surface area contributed by atoms with Crippen molar-refractivity contribution in [2.75, 3.05) is 18.5 Å². The van der Waals surface area contributed by atoms with Gasteiger partial charge in [0.05, 0.1) is 19.3 Å². The highest BCUT2D eigenvalue weighted by Crippen LogP contribution is 2.34. The lowest BCUT2D eigenvalue weighted by molar-refractivity contribution is 0.274. The molecule has 1 aliphatic heterocycles. The van der Waals surface area contributed by atoms with Crippen molar-refractivity contribution in [3.8, 4) is 11.5 Å². The molecule has 104 valence electrons. The highest BCUT2D eigenvalue weighted by molar-refractivity contribution is 5.50. The minimum atomic E-state index is 0.304. The third-order valence-electron chi connectivity index (χ3n) is 3.46. The highest BCUT2D eigenvalue weighted by Gasteiger charge is 2.20. The SMILES string of the molecule is CCOc1ccc(NC2CCOc3ccccc32)cc1. The Labute approximate surface area is 119 Å². The van der Waals surface area contributed by atoms with Crippen molar-refractivity contribution in [2.45, 2.75) is 19.4 Å². The van der Waals surface area contributed by atoms with E-state index >= 15 is 0 Å². The van der Waals surface area contributed by atoms with E-state index in [4.69, 9.17) is 9.47 Å². The Bertz CT molecular complexity index is 565. The first-order chi connectivity index (χ1) is 9.86. The molecule has 1 N–H and O–H groups in total. The van der Waals surface area contributed by atoms with Gasteiger partial charge in [-0.2, -0.15) is 0 Å². The molecule has 0 aliphatic carbocycles. The number of rotatable bonds is 4. The Morgan fingerprint density at radius 2 is 1.95 bits per heavy atom. The molecule has 0 saturated carbocycles. The number of para-hydroxylation sites is 1. The van der Waals surface area contributed by atoms with Gasteiger partial charge in [0.1, 0.15) is 11.5 Å². The molecule has 2 aromatic rings. The number of anilines is 1. The van der Waals surface area contributed by atoms with E-state index in [0.717, 1.165) is 30.2 Å². The summed E-state index contributed by atoms with van der Waals surface area (Å²) in [6.45, 7) is 3.44. The van der Waals surface area contributed by atoms with E-state index in [9.17, 15) is 0 Å². The van der Waals surface area contributed by atoms with Crippen LogP contribution in [0.15, 0.2) is 48.5 Å². The van der Waals surface area contributed by atoms with Gasteiger partial charge in [0, 0.05) is 17.7 Å². The normalized spacial score (nSPS) is 16.9. The van der Waals surface area contributed by atoms with E-state index in [-0.39, 0.29) is 0 Å². The first-order valence-electron chi connectivity index (χ1n) is 7.08. The average Bonchev–Trinajstić information content (AvgIpc) is 2.50. The molecule has 1 heterocycles. The summed E-state index contributed by atoms with van der Waals surface area (Å²) < 4.78 is 11.1. The summed E-state index contributed by atoms with van der Waals surface area (Å²) in [5.74, 6) is 1.90. The van der Waals surface area contributed by atoms with Gasteiger partial charge in [-0.3, -0.25) is 0 Å². The number of fused-ring (bicyclic) bond motifs is 1. The molecule has 0 spiro atoms. The molecular weight excluding hydrogens is 250 g/mol. The number of nitrogens with one attached hydrogen (secondary N) is 1. The first kappa shape index (κ1) is 12.9. The van der Waals surface area contributed by atoms with Crippen LogP contribution < -0.4 is 14.8 Å². The summed E-state index contributed by atoms with van der Waals surface area (Å²) >= 11 is 0. The van der Waals surface area contributed by atoms with Gasteiger partial charge in [0.2, 0.25) is 0 Å². The van der Waals surface area contributed by atoms with Gasteiger partial charge in [-0.1, -0.05) is 18.2 Å². The van der Waals surface area contributed by atoms with Crippen LogP contribution in [0.1, 0.15) is 24.9 Å². The molecule has 3 rings (SSSR count). The van der Waals surface area contributed by atoms with Crippen LogP contribution in [0.5, 0.6) is 11.5 Å². The Balaban J connectivity index is 1.75. The van der Waals surface area contributed by atoms with Gasteiger partial charge in [-0.15, -0.1) is 0 Å². The van der Waals surface area contributed by atoms with Crippen LogP contribution in [-0.2, 0) is 0 Å². The second-order valence-corrected chi connectivity index (χ2v) is 4.83. The lowest BCUT2D eigenvalue weighted by Crippen LogP contribution is -2.20.